The summed E-state index contributed by atoms with van der Waals surface area (Å²) in [7, 11) is -4.50. The number of aromatic nitrogens is 2. The number of halogens is 2. The van der Waals surface area contributed by atoms with E-state index in [1.54, 1.807) is 30.4 Å². The van der Waals surface area contributed by atoms with E-state index in [0.29, 0.717) is 11.1 Å². The van der Waals surface area contributed by atoms with E-state index in [4.69, 9.17) is 21.8 Å². The molecule has 3 heterocycles. The number of amides is 1. The Morgan fingerprint density at radius 1 is 1.11 bits per heavy atom. The fourth-order valence-electron chi connectivity index (χ4n) is 5.70. The van der Waals surface area contributed by atoms with Crippen LogP contribution in [-0.2, 0) is 21.4 Å². The van der Waals surface area contributed by atoms with Gasteiger partial charge in [-0.15, -0.1) is 0 Å². The second-order valence-corrected chi connectivity index (χ2v) is 12.5. The molecule has 0 unspecified atom stereocenters. The van der Waals surface area contributed by atoms with Gasteiger partial charge < -0.3 is 14.7 Å². The van der Waals surface area contributed by atoms with Gasteiger partial charge in [0.2, 0.25) is 0 Å². The molecule has 3 aromatic heterocycles. The highest BCUT2D eigenvalue weighted by Crippen LogP contribution is 2.41. The molecule has 45 heavy (non-hydrogen) atoms. The Labute approximate surface area is 260 Å². The second-order valence-electron chi connectivity index (χ2n) is 10.5. The van der Waals surface area contributed by atoms with Crippen molar-refractivity contribution in [3.05, 3.63) is 119 Å². The molecule has 3 N–H and O–H groups in total. The molecule has 7 rings (SSSR count). The van der Waals surface area contributed by atoms with Crippen LogP contribution in [0.2, 0.25) is 5.15 Å². The molecular formula is C33H22ClFN4O5S. The number of nitrogens with two attached hydrogens (primary N) is 1. The number of benzene rings is 3. The summed E-state index contributed by atoms with van der Waals surface area (Å²) >= 11 is 6.63. The first-order valence-corrected chi connectivity index (χ1v) is 15.6. The molecule has 0 saturated heterocycles. The minimum atomic E-state index is -4.50. The molecule has 0 atom stereocenters. The standard InChI is InChI=1S/C33H22ClFN4O5S/c34-32-19(15-18-7-1-4-10-24(18)37-32)17-39-25-16-22(35)20-13-14-44-31(20)29(25)28(21-8-2-5-11-26(21)40)30(39)33(41)38-45(42,43)27-12-6-3-9-23(27)36/h1-10,12-16H,11,17,36H2,(H,38,41). The molecule has 0 fully saturated rings. The van der Waals surface area contributed by atoms with Crippen LogP contribution in [0.5, 0.6) is 0 Å². The normalized spacial score (nSPS) is 13.6. The van der Waals surface area contributed by atoms with Gasteiger partial charge in [-0.2, -0.15) is 0 Å². The fraction of sp³-hybridized carbons (Fsp3) is 0.0606. The van der Waals surface area contributed by atoms with Crippen LogP contribution in [0.4, 0.5) is 10.1 Å². The smallest absolute Gasteiger partial charge is 0.282 e. The summed E-state index contributed by atoms with van der Waals surface area (Å²) in [5, 5.41) is 1.28. The van der Waals surface area contributed by atoms with E-state index in [2.05, 4.69) is 9.71 Å². The van der Waals surface area contributed by atoms with Crippen molar-refractivity contribution in [1.82, 2.24) is 14.3 Å². The number of pyridine rings is 1. The molecule has 0 aliphatic heterocycles. The van der Waals surface area contributed by atoms with Crippen LogP contribution in [0, 0.1) is 5.82 Å². The summed E-state index contributed by atoms with van der Waals surface area (Å²) in [6.45, 7) is -0.133. The minimum Gasteiger partial charge on any atom is -0.463 e. The van der Waals surface area contributed by atoms with Gasteiger partial charge in [-0.1, -0.05) is 60.2 Å². The third-order valence-corrected chi connectivity index (χ3v) is 9.45. The molecule has 9 nitrogen and oxygen atoms in total. The average Bonchev–Trinajstić information content (AvgIpc) is 3.62. The molecule has 12 heteroatoms. The maximum atomic E-state index is 15.5. The number of allylic oxidation sites excluding steroid dienone is 4. The number of furan rings is 1. The number of nitrogens with one attached hydrogen (secondary N) is 1. The third kappa shape index (κ3) is 4.77. The molecule has 0 bridgehead atoms. The molecule has 1 aliphatic carbocycles. The SMILES string of the molecule is Nc1ccccc1S(=O)(=O)NC(=O)c1c(C2=CC=CCC2=O)c2c3occc3c(F)cc2n1Cc1cc2ccccc2nc1Cl. The van der Waals surface area contributed by atoms with Crippen LogP contribution in [-0.4, -0.2) is 29.7 Å². The molecule has 1 amide bonds. The molecular weight excluding hydrogens is 619 g/mol. The quantitative estimate of drug-likeness (QED) is 0.159. The zero-order chi connectivity index (χ0) is 31.5. The van der Waals surface area contributed by atoms with Gasteiger partial charge in [0.15, 0.2) is 5.78 Å². The minimum absolute atomic E-state index is 0.0430. The maximum absolute atomic E-state index is 15.5. The monoisotopic (exact) mass is 640 g/mol. The number of Topliss-reactive ketones (excluding diaryl/α,β-unsaturated/α-hetero) is 1. The lowest BCUT2D eigenvalue weighted by Crippen LogP contribution is -2.33. The lowest BCUT2D eigenvalue weighted by atomic mass is 9.93. The van der Waals surface area contributed by atoms with Crippen LogP contribution in [0.15, 0.2) is 101 Å². The van der Waals surface area contributed by atoms with E-state index in [-0.39, 0.29) is 73.2 Å². The molecule has 6 aromatic rings. The van der Waals surface area contributed by atoms with Gasteiger partial charge in [-0.05, 0) is 36.4 Å². The zero-order valence-electron chi connectivity index (χ0n) is 23.3. The van der Waals surface area contributed by atoms with Crippen molar-refractivity contribution >= 4 is 77.4 Å². The number of rotatable bonds is 6. The largest absolute Gasteiger partial charge is 0.463 e. The van der Waals surface area contributed by atoms with Gasteiger partial charge >= 0.3 is 0 Å². The Balaban J connectivity index is 1.53. The first-order valence-electron chi connectivity index (χ1n) is 13.7. The summed E-state index contributed by atoms with van der Waals surface area (Å²) in [5.74, 6) is -2.03. The van der Waals surface area contributed by atoms with E-state index in [0.717, 1.165) is 5.39 Å². The predicted octanol–water partition coefficient (Wildman–Crippen LogP) is 6.39. The summed E-state index contributed by atoms with van der Waals surface area (Å²) in [5.41, 5.74) is 7.26. The van der Waals surface area contributed by atoms with Gasteiger partial charge in [0.05, 0.1) is 40.3 Å². The Morgan fingerprint density at radius 2 is 1.89 bits per heavy atom. The van der Waals surface area contributed by atoms with Crippen LogP contribution in [0.25, 0.3) is 38.3 Å². The summed E-state index contributed by atoms with van der Waals surface area (Å²) in [6, 6.07) is 17.4. The first-order chi connectivity index (χ1) is 21.6. The summed E-state index contributed by atoms with van der Waals surface area (Å²) < 4.78 is 51.8. The Hall–Kier alpha value is -5.26. The van der Waals surface area contributed by atoms with E-state index >= 15 is 4.39 Å². The van der Waals surface area contributed by atoms with Crippen molar-refractivity contribution < 1.29 is 26.8 Å². The Kier molecular flexibility index (Phi) is 6.79. The average molecular weight is 641 g/mol. The van der Waals surface area contributed by atoms with Gasteiger partial charge in [-0.25, -0.2) is 22.5 Å². The number of anilines is 1. The van der Waals surface area contributed by atoms with Crippen molar-refractivity contribution in [2.75, 3.05) is 5.73 Å². The van der Waals surface area contributed by atoms with Crippen LogP contribution < -0.4 is 10.5 Å². The lowest BCUT2D eigenvalue weighted by molar-refractivity contribution is -0.113. The molecule has 0 radical (unpaired) electrons. The number of hydrogen-bond donors (Lipinski definition) is 2. The van der Waals surface area contributed by atoms with E-state index in [1.807, 2.05) is 18.2 Å². The van der Waals surface area contributed by atoms with Gasteiger partial charge in [0.1, 0.15) is 27.1 Å². The number of ketones is 1. The number of para-hydroxylation sites is 2. The Bertz CT molecular complexity index is 2410. The number of fused-ring (bicyclic) bond motifs is 4. The van der Waals surface area contributed by atoms with Crippen LogP contribution in [0.1, 0.15) is 28.0 Å². The van der Waals surface area contributed by atoms with Crippen molar-refractivity contribution in [2.24, 2.45) is 0 Å². The Morgan fingerprint density at radius 3 is 2.69 bits per heavy atom. The molecule has 0 saturated carbocycles. The van der Waals surface area contributed by atoms with E-state index < -0.39 is 21.7 Å². The predicted molar refractivity (Wildman–Crippen MR) is 170 cm³/mol. The van der Waals surface area contributed by atoms with Crippen LogP contribution in [0.3, 0.4) is 0 Å². The van der Waals surface area contributed by atoms with Gasteiger partial charge in [-0.3, -0.25) is 9.59 Å². The highest BCUT2D eigenvalue weighted by atomic mass is 35.5. The highest BCUT2D eigenvalue weighted by Gasteiger charge is 2.33. The summed E-state index contributed by atoms with van der Waals surface area (Å²) in [4.78, 5) is 31.8. The number of carbonyl (C=O) groups excluding carboxylic acids is 2. The second kappa shape index (κ2) is 10.7. The number of hydrogen-bond acceptors (Lipinski definition) is 7. The number of carbonyl (C=O) groups is 2. The first kappa shape index (κ1) is 28.5. The third-order valence-electron chi connectivity index (χ3n) is 7.72. The van der Waals surface area contributed by atoms with Gasteiger partial charge in [0.25, 0.3) is 15.9 Å². The highest BCUT2D eigenvalue weighted by molar-refractivity contribution is 7.90. The lowest BCUT2D eigenvalue weighted by Gasteiger charge is -2.16. The van der Waals surface area contributed by atoms with Crippen molar-refractivity contribution in [2.45, 2.75) is 17.9 Å². The van der Waals surface area contributed by atoms with E-state index in [9.17, 15) is 18.0 Å². The van der Waals surface area contributed by atoms with Crippen molar-refractivity contribution in [1.29, 1.82) is 0 Å². The molecule has 224 valence electrons. The van der Waals surface area contributed by atoms with E-state index in [1.165, 1.54) is 47.2 Å². The topological polar surface area (TPSA) is 137 Å². The fourth-order valence-corrected chi connectivity index (χ4v) is 6.99. The zero-order valence-corrected chi connectivity index (χ0v) is 24.8. The number of nitrogens with zero attached hydrogens (tertiary/aromatic N) is 2. The van der Waals surface area contributed by atoms with Gasteiger partial charge in [0, 0.05) is 28.5 Å². The van der Waals surface area contributed by atoms with Crippen molar-refractivity contribution in [3.63, 3.8) is 0 Å². The molecule has 3 aromatic carbocycles. The van der Waals surface area contributed by atoms with Crippen LogP contribution >= 0.6 is 11.6 Å². The van der Waals surface area contributed by atoms with Crippen molar-refractivity contribution in [3.8, 4) is 0 Å². The number of nitrogen functional groups attached to an aromatic ring is 1. The molecule has 1 aliphatic rings. The number of sulfonamides is 1. The maximum Gasteiger partial charge on any atom is 0.282 e. The summed E-state index contributed by atoms with van der Waals surface area (Å²) in [6.07, 6.45) is 6.21. The molecule has 0 spiro atoms.